The molecule has 0 heterocycles. The summed E-state index contributed by atoms with van der Waals surface area (Å²) in [6.45, 7) is 15.2. The van der Waals surface area contributed by atoms with Crippen molar-refractivity contribution in [2.75, 3.05) is 27.4 Å². The van der Waals surface area contributed by atoms with E-state index in [9.17, 15) is 0 Å². The van der Waals surface area contributed by atoms with Crippen molar-refractivity contribution in [3.63, 3.8) is 0 Å². The fraction of sp³-hybridized carbons (Fsp3) is 1.00. The van der Waals surface area contributed by atoms with Crippen molar-refractivity contribution in [2.45, 2.75) is 64.2 Å². The summed E-state index contributed by atoms with van der Waals surface area (Å²) in [6, 6.07) is 2.26. The zero-order valence-corrected chi connectivity index (χ0v) is 18.4. The molecule has 0 bridgehead atoms. The van der Waals surface area contributed by atoms with Crippen molar-refractivity contribution in [1.29, 1.82) is 0 Å². The van der Waals surface area contributed by atoms with Crippen molar-refractivity contribution >= 4 is 25.2 Å². The van der Waals surface area contributed by atoms with Crippen LogP contribution < -0.4 is 0 Å². The highest BCUT2D eigenvalue weighted by Crippen LogP contribution is 2.25. The third kappa shape index (κ3) is 11.7. The van der Waals surface area contributed by atoms with Crippen LogP contribution in [0.3, 0.4) is 0 Å². The highest BCUT2D eigenvalue weighted by atomic mass is 28.5. The minimum atomic E-state index is -2.05. The quantitative estimate of drug-likeness (QED) is 0.389. The standard InChI is InChI=1S/C14H36O4Si3/c1-15-11-9-13-19(3,4)17-21(7,8)18-20(5,6)14-10-12-16-2/h9-14H2,1-8H3. The first-order valence-electron chi connectivity index (χ1n) is 7.92. The first kappa shape index (κ1) is 21.5. The maximum atomic E-state index is 6.52. The van der Waals surface area contributed by atoms with Gasteiger partial charge in [0, 0.05) is 27.4 Å². The second-order valence-corrected chi connectivity index (χ2v) is 19.8. The molecule has 0 fully saturated rings. The summed E-state index contributed by atoms with van der Waals surface area (Å²) in [5.41, 5.74) is 0. The van der Waals surface area contributed by atoms with Gasteiger partial charge in [0.05, 0.1) is 0 Å². The maximum Gasteiger partial charge on any atom is 0.311 e. The molecule has 128 valence electrons. The average molecular weight is 353 g/mol. The molecule has 21 heavy (non-hydrogen) atoms. The molecule has 0 spiro atoms. The Kier molecular flexibility index (Phi) is 9.81. The molecule has 0 rings (SSSR count). The summed E-state index contributed by atoms with van der Waals surface area (Å²) in [4.78, 5) is 0. The second-order valence-electron chi connectivity index (χ2n) is 7.32. The molecule has 0 aliphatic heterocycles. The minimum absolute atomic E-state index is 0.819. The van der Waals surface area contributed by atoms with E-state index in [2.05, 4.69) is 39.3 Å². The topological polar surface area (TPSA) is 36.9 Å². The molecule has 0 unspecified atom stereocenters. The smallest absolute Gasteiger partial charge is 0.311 e. The lowest BCUT2D eigenvalue weighted by atomic mass is 10.5. The Morgan fingerprint density at radius 1 is 0.619 bits per heavy atom. The molecule has 0 saturated carbocycles. The number of hydrogen-bond acceptors (Lipinski definition) is 4. The zero-order valence-electron chi connectivity index (χ0n) is 15.4. The highest BCUT2D eigenvalue weighted by Gasteiger charge is 2.39. The van der Waals surface area contributed by atoms with Crippen LogP contribution in [0.15, 0.2) is 0 Å². The fourth-order valence-corrected chi connectivity index (χ4v) is 16.7. The van der Waals surface area contributed by atoms with Crippen molar-refractivity contribution < 1.29 is 17.7 Å². The molecule has 4 nitrogen and oxygen atoms in total. The van der Waals surface area contributed by atoms with E-state index in [1.165, 1.54) is 0 Å². The number of methoxy groups -OCH3 is 2. The summed E-state index contributed by atoms with van der Waals surface area (Å²) >= 11 is 0. The number of ether oxygens (including phenoxy) is 2. The molecule has 0 N–H and O–H groups in total. The molecule has 0 aliphatic rings. The van der Waals surface area contributed by atoms with E-state index in [0.29, 0.717) is 0 Å². The number of rotatable bonds is 12. The van der Waals surface area contributed by atoms with Gasteiger partial charge in [0.15, 0.2) is 16.6 Å². The third-order valence-electron chi connectivity index (χ3n) is 3.30. The average Bonchev–Trinajstić information content (AvgIpc) is 2.25. The van der Waals surface area contributed by atoms with Crippen LogP contribution in [-0.2, 0) is 17.7 Å². The molecule has 0 aromatic carbocycles. The Morgan fingerprint density at radius 2 is 0.952 bits per heavy atom. The molecule has 0 atom stereocenters. The van der Waals surface area contributed by atoms with Crippen LogP contribution in [0.4, 0.5) is 0 Å². The normalized spacial score (nSPS) is 13.7. The molecule has 0 saturated heterocycles. The van der Waals surface area contributed by atoms with Crippen LogP contribution in [0.2, 0.25) is 51.4 Å². The molecule has 0 aliphatic carbocycles. The highest BCUT2D eigenvalue weighted by molar-refractivity contribution is 6.87. The summed E-state index contributed by atoms with van der Waals surface area (Å²) in [6.07, 6.45) is 2.16. The van der Waals surface area contributed by atoms with Gasteiger partial charge in [-0.25, -0.2) is 0 Å². The van der Waals surface area contributed by atoms with Gasteiger partial charge in [0.1, 0.15) is 0 Å². The van der Waals surface area contributed by atoms with Gasteiger partial charge in [0.25, 0.3) is 0 Å². The lowest BCUT2D eigenvalue weighted by molar-refractivity contribution is 0.197. The first-order chi connectivity index (χ1) is 9.54. The molecule has 0 aromatic rings. The van der Waals surface area contributed by atoms with E-state index >= 15 is 0 Å². The molecular weight excluding hydrogens is 316 g/mol. The molecule has 0 radical (unpaired) electrons. The zero-order chi connectivity index (χ0) is 16.6. The van der Waals surface area contributed by atoms with E-state index in [0.717, 1.165) is 38.1 Å². The Hall–Kier alpha value is 0.491. The van der Waals surface area contributed by atoms with Gasteiger partial charge in [-0.15, -0.1) is 0 Å². The Morgan fingerprint density at radius 3 is 1.24 bits per heavy atom. The van der Waals surface area contributed by atoms with Crippen LogP contribution >= 0.6 is 0 Å². The van der Waals surface area contributed by atoms with Gasteiger partial charge in [-0.3, -0.25) is 0 Å². The largest absolute Gasteiger partial charge is 0.437 e. The van der Waals surface area contributed by atoms with Gasteiger partial charge >= 0.3 is 8.56 Å². The van der Waals surface area contributed by atoms with Gasteiger partial charge in [-0.05, 0) is 64.2 Å². The third-order valence-corrected chi connectivity index (χ3v) is 14.8. The number of hydrogen-bond donors (Lipinski definition) is 0. The lowest BCUT2D eigenvalue weighted by Crippen LogP contribution is -2.52. The van der Waals surface area contributed by atoms with E-state index in [1.807, 2.05) is 0 Å². The van der Waals surface area contributed by atoms with Gasteiger partial charge in [-0.2, -0.15) is 0 Å². The summed E-state index contributed by atoms with van der Waals surface area (Å²) in [5.74, 6) is 0. The molecule has 0 aromatic heterocycles. The van der Waals surface area contributed by atoms with Crippen LogP contribution in [0.1, 0.15) is 12.8 Å². The lowest BCUT2D eigenvalue weighted by Gasteiger charge is -2.38. The van der Waals surface area contributed by atoms with E-state index < -0.39 is 25.2 Å². The SMILES string of the molecule is COCCC[Si](C)(C)O[Si](C)(C)O[Si](C)(C)CCCOC. The molecule has 0 amide bonds. The van der Waals surface area contributed by atoms with Crippen molar-refractivity contribution in [3.8, 4) is 0 Å². The van der Waals surface area contributed by atoms with Gasteiger partial charge in [0.2, 0.25) is 0 Å². The summed E-state index contributed by atoms with van der Waals surface area (Å²) < 4.78 is 23.3. The Labute approximate surface area is 135 Å². The summed E-state index contributed by atoms with van der Waals surface area (Å²) in [7, 11) is -1.86. The predicted molar refractivity (Wildman–Crippen MR) is 97.2 cm³/mol. The van der Waals surface area contributed by atoms with Crippen LogP contribution in [0.5, 0.6) is 0 Å². The fourth-order valence-electron chi connectivity index (χ4n) is 2.74. The van der Waals surface area contributed by atoms with Crippen LogP contribution in [0.25, 0.3) is 0 Å². The predicted octanol–water partition coefficient (Wildman–Crippen LogP) is 4.20. The van der Waals surface area contributed by atoms with E-state index in [-0.39, 0.29) is 0 Å². The Balaban J connectivity index is 4.38. The second kappa shape index (κ2) is 9.59. The molecular formula is C14H36O4Si3. The first-order valence-corrected chi connectivity index (χ1v) is 17.0. The van der Waals surface area contributed by atoms with Crippen LogP contribution in [-0.4, -0.2) is 52.6 Å². The van der Waals surface area contributed by atoms with Gasteiger partial charge < -0.3 is 17.7 Å². The van der Waals surface area contributed by atoms with Gasteiger partial charge in [-0.1, -0.05) is 0 Å². The van der Waals surface area contributed by atoms with E-state index in [1.54, 1.807) is 14.2 Å². The van der Waals surface area contributed by atoms with Crippen molar-refractivity contribution in [1.82, 2.24) is 0 Å². The monoisotopic (exact) mass is 352 g/mol. The Bertz CT molecular complexity index is 257. The summed E-state index contributed by atoms with van der Waals surface area (Å²) in [5, 5.41) is 0. The molecule has 7 heteroatoms. The maximum absolute atomic E-state index is 6.52. The van der Waals surface area contributed by atoms with Crippen molar-refractivity contribution in [3.05, 3.63) is 0 Å². The van der Waals surface area contributed by atoms with Crippen LogP contribution in [0, 0.1) is 0 Å². The minimum Gasteiger partial charge on any atom is -0.437 e. The van der Waals surface area contributed by atoms with Crippen molar-refractivity contribution in [2.24, 2.45) is 0 Å². The van der Waals surface area contributed by atoms with E-state index in [4.69, 9.17) is 17.7 Å².